The second kappa shape index (κ2) is 12.9. The van der Waals surface area contributed by atoms with Gasteiger partial charge in [-0.3, -0.25) is 23.4 Å². The molecule has 4 aromatic rings. The van der Waals surface area contributed by atoms with E-state index in [1.54, 1.807) is 0 Å². The normalized spacial score (nSPS) is 31.1. The fraction of sp³-hybridized carbons (Fsp3) is 0.545. The summed E-state index contributed by atoms with van der Waals surface area (Å²) in [7, 11) is -1.62. The molecule has 0 radical (unpaired) electrons. The minimum atomic E-state index is -4.26. The van der Waals surface area contributed by atoms with Crippen molar-refractivity contribution in [3.8, 4) is 0 Å². The number of fused-ring (bicyclic) bond motifs is 2. The number of H-pyrrole nitrogens is 1. The molecule has 0 saturated carbocycles. The standard InChI is InChI=1S/C22H28N10O11P2S2/c1-22(14(34)13(39-2)19(42-22)31-6-27-9-15(23)25-5-26-16(9)31)4-41-45(38,46)43-12-11(33)8(3-40-44(36)37)47-20(12)32-7-28-10-17(32)29-21(24)30-18(10)35/h5-8,11-14,19-20,33-34H,3-4H2,1-2H3,(H6-,23,24,25,26,29,30,35,36,37,38,46)/p+1/t8-,11-,12-,13-,14+,19-,20-,22?,45?/m1/s1. The zero-order chi connectivity index (χ0) is 33.8. The molecule has 0 bridgehead atoms. The van der Waals surface area contributed by atoms with Gasteiger partial charge in [0.05, 0.1) is 30.6 Å². The molecule has 6 heterocycles. The third-order valence-electron chi connectivity index (χ3n) is 7.70. The third kappa shape index (κ3) is 6.39. The summed E-state index contributed by atoms with van der Waals surface area (Å²) in [5.74, 6) is -0.0570. The number of thioether (sulfide) groups is 1. The summed E-state index contributed by atoms with van der Waals surface area (Å²) in [6.07, 6.45) is -2.10. The maximum Gasteiger partial charge on any atom is 0.694 e. The van der Waals surface area contributed by atoms with Crippen molar-refractivity contribution in [2.24, 2.45) is 0 Å². The van der Waals surface area contributed by atoms with E-state index in [1.165, 1.54) is 42.1 Å². The molecule has 2 fully saturated rings. The molecule has 2 saturated heterocycles. The first-order valence-electron chi connectivity index (χ1n) is 13.6. The first-order chi connectivity index (χ1) is 22.2. The Balaban J connectivity index is 1.24. The number of nitrogens with one attached hydrogen (secondary N) is 1. The van der Waals surface area contributed by atoms with Crippen LogP contribution in [0.5, 0.6) is 0 Å². The quantitative estimate of drug-likeness (QED) is 0.0913. The molecule has 4 aromatic heterocycles. The summed E-state index contributed by atoms with van der Waals surface area (Å²) < 4.78 is 42.2. The van der Waals surface area contributed by atoms with Gasteiger partial charge in [-0.1, -0.05) is 0 Å². The lowest BCUT2D eigenvalue weighted by molar-refractivity contribution is -0.114. The first-order valence-corrected chi connectivity index (χ1v) is 18.2. The van der Waals surface area contributed by atoms with Gasteiger partial charge in [0.15, 0.2) is 28.9 Å². The Morgan fingerprint density at radius 3 is 2.62 bits per heavy atom. The van der Waals surface area contributed by atoms with E-state index in [0.717, 1.165) is 11.8 Å². The number of imidazole rings is 2. The van der Waals surface area contributed by atoms with Crippen molar-refractivity contribution >= 4 is 72.6 Å². The zero-order valence-corrected chi connectivity index (χ0v) is 27.8. The van der Waals surface area contributed by atoms with Gasteiger partial charge in [-0.05, 0) is 18.7 Å². The Kier molecular flexibility index (Phi) is 9.39. The van der Waals surface area contributed by atoms with Crippen molar-refractivity contribution in [3.05, 3.63) is 29.3 Å². The van der Waals surface area contributed by atoms with Gasteiger partial charge in [0.1, 0.15) is 47.7 Å². The van der Waals surface area contributed by atoms with E-state index in [1.807, 2.05) is 0 Å². The lowest BCUT2D eigenvalue weighted by atomic mass is 9.98. The highest BCUT2D eigenvalue weighted by molar-refractivity contribution is 8.07. The Morgan fingerprint density at radius 2 is 1.89 bits per heavy atom. The molecule has 0 amide bonds. The fourth-order valence-electron chi connectivity index (χ4n) is 5.41. The number of nitrogens with two attached hydrogens (primary N) is 2. The summed E-state index contributed by atoms with van der Waals surface area (Å²) in [5, 5.41) is 20.6. The number of nitrogen functional groups attached to an aromatic ring is 2. The molecule has 47 heavy (non-hydrogen) atoms. The van der Waals surface area contributed by atoms with Crippen molar-refractivity contribution in [1.29, 1.82) is 0 Å². The molecular formula is C22H29N10O11P2S2+. The molecule has 25 heteroatoms. The van der Waals surface area contributed by atoms with E-state index in [2.05, 4.69) is 29.9 Å². The summed E-state index contributed by atoms with van der Waals surface area (Å²) in [4.78, 5) is 55.7. The highest BCUT2D eigenvalue weighted by atomic mass is 32.5. The Labute approximate surface area is 273 Å². The lowest BCUT2D eigenvalue weighted by Crippen LogP contribution is -2.44. The molecule has 10 atom stereocenters. The molecule has 2 aliphatic rings. The Hall–Kier alpha value is -2.76. The van der Waals surface area contributed by atoms with Crippen molar-refractivity contribution in [2.75, 3.05) is 31.8 Å². The molecule has 254 valence electrons. The molecule has 0 spiro atoms. The first kappa shape index (κ1) is 34.1. The second-order valence-electron chi connectivity index (χ2n) is 10.7. The number of methoxy groups -OCH3 is 1. The molecule has 9 N–H and O–H groups in total. The molecule has 3 unspecified atom stereocenters. The minimum absolute atomic E-state index is 0.0391. The van der Waals surface area contributed by atoms with E-state index in [-0.39, 0.29) is 29.5 Å². The number of rotatable bonds is 11. The van der Waals surface area contributed by atoms with Crippen LogP contribution >= 0.6 is 26.7 Å². The predicted octanol–water partition coefficient (Wildman–Crippen LogP) is -0.953. The number of hydrogen-bond donors (Lipinski definition) is 7. The molecule has 6 rings (SSSR count). The van der Waals surface area contributed by atoms with Gasteiger partial charge >= 0.3 is 15.0 Å². The van der Waals surface area contributed by atoms with Gasteiger partial charge in [-0.15, -0.1) is 21.2 Å². The molecule has 2 aliphatic heterocycles. The van der Waals surface area contributed by atoms with Crippen molar-refractivity contribution in [1.82, 2.24) is 39.0 Å². The monoisotopic (exact) mass is 735 g/mol. The highest BCUT2D eigenvalue weighted by Gasteiger charge is 2.55. The third-order valence-corrected chi connectivity index (χ3v) is 11.1. The van der Waals surface area contributed by atoms with Crippen LogP contribution in [0.3, 0.4) is 0 Å². The van der Waals surface area contributed by atoms with Crippen LogP contribution in [-0.2, 0) is 39.4 Å². The zero-order valence-electron chi connectivity index (χ0n) is 24.3. The molecular weight excluding hydrogens is 706 g/mol. The SMILES string of the molecule is CO[C@H]1[C@H](n2cnc3c(N)ncnc32)OC(C)(COP(O)(=S)O[C@@H]2[C@H](O)[C@@H](CO[P+](=O)O)S[C@H]2n2cnc3c(=O)[nH]c(N)nc32)[C@H]1O. The predicted molar refractivity (Wildman–Crippen MR) is 167 cm³/mol. The van der Waals surface area contributed by atoms with Gasteiger partial charge in [-0.2, -0.15) is 4.98 Å². The van der Waals surface area contributed by atoms with Gasteiger partial charge in [0.2, 0.25) is 5.95 Å². The smallest absolute Gasteiger partial charge is 0.389 e. The fourth-order valence-corrected chi connectivity index (χ4v) is 8.84. The number of nitrogens with zero attached hydrogens (tertiary/aromatic N) is 7. The van der Waals surface area contributed by atoms with Gasteiger partial charge in [-0.25, -0.2) is 19.9 Å². The topological polar surface area (TPSA) is 303 Å². The maximum absolute atomic E-state index is 12.4. The lowest BCUT2D eigenvalue weighted by Gasteiger charge is -2.31. The minimum Gasteiger partial charge on any atom is -0.389 e. The van der Waals surface area contributed by atoms with Crippen LogP contribution in [0.15, 0.2) is 23.8 Å². The van der Waals surface area contributed by atoms with Crippen molar-refractivity contribution in [2.45, 2.75) is 53.8 Å². The highest BCUT2D eigenvalue weighted by Crippen LogP contribution is 2.55. The van der Waals surface area contributed by atoms with Crippen LogP contribution in [0, 0.1) is 0 Å². The van der Waals surface area contributed by atoms with E-state index in [9.17, 15) is 24.5 Å². The number of ether oxygens (including phenoxy) is 2. The van der Waals surface area contributed by atoms with E-state index in [4.69, 9.17) is 51.2 Å². The molecule has 21 nitrogen and oxygen atoms in total. The molecule has 0 aromatic carbocycles. The molecule has 0 aliphatic carbocycles. The van der Waals surface area contributed by atoms with Gasteiger partial charge in [0.25, 0.3) is 5.56 Å². The number of anilines is 2. The number of hydrogen-bond acceptors (Lipinski definition) is 18. The van der Waals surface area contributed by atoms with Crippen LogP contribution in [0.25, 0.3) is 22.3 Å². The Bertz CT molecular complexity index is 1930. The number of aliphatic hydroxyl groups excluding tert-OH is 2. The van der Waals surface area contributed by atoms with Gasteiger partial charge < -0.3 is 40.6 Å². The van der Waals surface area contributed by atoms with Crippen LogP contribution in [0.4, 0.5) is 11.8 Å². The van der Waals surface area contributed by atoms with Crippen LogP contribution in [-0.4, -0.2) is 115 Å². The number of aromatic nitrogens is 8. The van der Waals surface area contributed by atoms with E-state index >= 15 is 0 Å². The largest absolute Gasteiger partial charge is 0.694 e. The summed E-state index contributed by atoms with van der Waals surface area (Å²) >= 11 is 6.35. The van der Waals surface area contributed by atoms with Crippen molar-refractivity contribution < 1.29 is 47.6 Å². The summed E-state index contributed by atoms with van der Waals surface area (Å²) in [6, 6.07) is 0. The summed E-state index contributed by atoms with van der Waals surface area (Å²) in [6.45, 7) is -3.63. The number of aliphatic hydroxyl groups is 2. The van der Waals surface area contributed by atoms with E-state index < -0.39 is 74.0 Å². The summed E-state index contributed by atoms with van der Waals surface area (Å²) in [5.41, 5.74) is 10.1. The maximum atomic E-state index is 12.4. The van der Waals surface area contributed by atoms with Crippen LogP contribution in [0.1, 0.15) is 18.5 Å². The average molecular weight is 736 g/mol. The van der Waals surface area contributed by atoms with Crippen LogP contribution in [0.2, 0.25) is 0 Å². The van der Waals surface area contributed by atoms with E-state index in [0.29, 0.717) is 11.2 Å². The Morgan fingerprint density at radius 1 is 1.17 bits per heavy atom. The van der Waals surface area contributed by atoms with Crippen LogP contribution < -0.4 is 17.0 Å². The second-order valence-corrected chi connectivity index (χ2v) is 15.6. The number of aromatic amines is 1. The van der Waals surface area contributed by atoms with Gasteiger partial charge in [0, 0.05) is 11.7 Å². The average Bonchev–Trinajstić information content (AvgIpc) is 3.76. The van der Waals surface area contributed by atoms with Crippen molar-refractivity contribution in [3.63, 3.8) is 0 Å².